The smallest absolute Gasteiger partial charge is 0.125 e. The van der Waals surface area contributed by atoms with E-state index in [9.17, 15) is 0 Å². The van der Waals surface area contributed by atoms with Crippen molar-refractivity contribution in [1.82, 2.24) is 9.88 Å². The third-order valence-corrected chi connectivity index (χ3v) is 4.15. The van der Waals surface area contributed by atoms with Crippen LogP contribution in [0.2, 0.25) is 0 Å². The van der Waals surface area contributed by atoms with Crippen molar-refractivity contribution >= 4 is 23.0 Å². The van der Waals surface area contributed by atoms with Crippen LogP contribution in [0.4, 0.5) is 5.82 Å². The van der Waals surface area contributed by atoms with Crippen molar-refractivity contribution in [2.24, 2.45) is 5.73 Å². The number of piperidine rings is 1. The fourth-order valence-electron chi connectivity index (χ4n) is 2.63. The zero-order valence-electron chi connectivity index (χ0n) is 12.1. The summed E-state index contributed by atoms with van der Waals surface area (Å²) >= 11 is 4.91. The van der Waals surface area contributed by atoms with E-state index in [1.54, 1.807) is 6.20 Å². The molecule has 0 spiro atoms. The number of nitrogens with two attached hydrogens (primary N) is 1. The fourth-order valence-corrected chi connectivity index (χ4v) is 2.75. The third kappa shape index (κ3) is 4.42. The van der Waals surface area contributed by atoms with Gasteiger partial charge in [0.1, 0.15) is 10.8 Å². The molecule has 3 N–H and O–H groups in total. The lowest BCUT2D eigenvalue weighted by Crippen LogP contribution is -2.38. The number of thiocarbonyl (C=S) groups is 1. The Labute approximate surface area is 126 Å². The minimum atomic E-state index is 0.392. The maximum absolute atomic E-state index is 5.55. The van der Waals surface area contributed by atoms with E-state index in [4.69, 9.17) is 18.0 Å². The van der Waals surface area contributed by atoms with Gasteiger partial charge in [0.25, 0.3) is 0 Å². The van der Waals surface area contributed by atoms with E-state index >= 15 is 0 Å². The van der Waals surface area contributed by atoms with Crippen LogP contribution in [0.3, 0.4) is 0 Å². The molecule has 0 saturated carbocycles. The van der Waals surface area contributed by atoms with Crippen molar-refractivity contribution in [2.45, 2.75) is 38.6 Å². The first-order valence-corrected chi connectivity index (χ1v) is 7.81. The molecule has 0 bridgehead atoms. The number of pyridine rings is 1. The van der Waals surface area contributed by atoms with Crippen molar-refractivity contribution < 1.29 is 0 Å². The van der Waals surface area contributed by atoms with Crippen LogP contribution in [0.25, 0.3) is 0 Å². The Kier molecular flexibility index (Phi) is 5.73. The third-order valence-electron chi connectivity index (χ3n) is 3.92. The average Bonchev–Trinajstić information content (AvgIpc) is 2.46. The normalized spacial score (nSPS) is 19.8. The monoisotopic (exact) mass is 292 g/mol. The number of nitrogens with zero attached hydrogens (tertiary/aromatic N) is 2. The summed E-state index contributed by atoms with van der Waals surface area (Å²) in [6.07, 6.45) is 6.94. The van der Waals surface area contributed by atoms with Gasteiger partial charge in [0, 0.05) is 30.9 Å². The summed E-state index contributed by atoms with van der Waals surface area (Å²) in [5.41, 5.74) is 6.36. The molecule has 0 aromatic carbocycles. The number of hydrogen-bond acceptors (Lipinski definition) is 4. The van der Waals surface area contributed by atoms with E-state index < -0.39 is 0 Å². The molecule has 1 aromatic rings. The van der Waals surface area contributed by atoms with Gasteiger partial charge in [-0.25, -0.2) is 4.98 Å². The summed E-state index contributed by atoms with van der Waals surface area (Å²) in [6.45, 7) is 5.70. The molecule has 4 nitrogen and oxygen atoms in total. The van der Waals surface area contributed by atoms with E-state index in [0.717, 1.165) is 30.4 Å². The second-order valence-corrected chi connectivity index (χ2v) is 5.90. The van der Waals surface area contributed by atoms with Crippen molar-refractivity contribution in [1.29, 1.82) is 0 Å². The van der Waals surface area contributed by atoms with Crippen molar-refractivity contribution in [3.05, 3.63) is 23.9 Å². The van der Waals surface area contributed by atoms with Gasteiger partial charge in [-0.1, -0.05) is 18.6 Å². The summed E-state index contributed by atoms with van der Waals surface area (Å²) in [6, 6.07) is 4.58. The minimum absolute atomic E-state index is 0.392. The highest BCUT2D eigenvalue weighted by Gasteiger charge is 2.16. The quantitative estimate of drug-likeness (QED) is 0.623. The molecule has 1 saturated heterocycles. The zero-order valence-corrected chi connectivity index (χ0v) is 13.0. The van der Waals surface area contributed by atoms with Gasteiger partial charge in [0.2, 0.25) is 0 Å². The zero-order chi connectivity index (χ0) is 14.4. The van der Waals surface area contributed by atoms with Gasteiger partial charge >= 0.3 is 0 Å². The lowest BCUT2D eigenvalue weighted by molar-refractivity contribution is 0.160. The average molecular weight is 292 g/mol. The standard InChI is InChI=1S/C15H24N4S/c1-12-5-2-3-9-19(12)10-4-8-17-14-7-6-13(11-18-14)15(16)20/h6-7,11-12H,2-5,8-10H2,1H3,(H2,16,20)(H,17,18). The Morgan fingerprint density at radius 3 is 3.00 bits per heavy atom. The van der Waals surface area contributed by atoms with Crippen LogP contribution in [0.5, 0.6) is 0 Å². The number of aromatic nitrogens is 1. The van der Waals surface area contributed by atoms with Gasteiger partial charge in [-0.15, -0.1) is 0 Å². The van der Waals surface area contributed by atoms with Crippen LogP contribution in [0.15, 0.2) is 18.3 Å². The number of likely N-dealkylation sites (tertiary alicyclic amines) is 1. The Morgan fingerprint density at radius 2 is 2.35 bits per heavy atom. The van der Waals surface area contributed by atoms with Gasteiger partial charge < -0.3 is 16.0 Å². The van der Waals surface area contributed by atoms with E-state index in [0.29, 0.717) is 4.99 Å². The minimum Gasteiger partial charge on any atom is -0.389 e. The fraction of sp³-hybridized carbons (Fsp3) is 0.600. The highest BCUT2D eigenvalue weighted by Crippen LogP contribution is 2.16. The maximum Gasteiger partial charge on any atom is 0.125 e. The lowest BCUT2D eigenvalue weighted by atomic mass is 10.0. The molecule has 0 aliphatic carbocycles. The van der Waals surface area contributed by atoms with Crippen LogP contribution in [-0.4, -0.2) is 40.5 Å². The Bertz CT molecular complexity index is 432. The van der Waals surface area contributed by atoms with Crippen molar-refractivity contribution in [2.75, 3.05) is 25.0 Å². The second kappa shape index (κ2) is 7.55. The molecular weight excluding hydrogens is 268 g/mol. The molecular formula is C15H24N4S. The van der Waals surface area contributed by atoms with E-state index in [-0.39, 0.29) is 0 Å². The van der Waals surface area contributed by atoms with Crippen LogP contribution < -0.4 is 11.1 Å². The van der Waals surface area contributed by atoms with Gasteiger partial charge in [-0.3, -0.25) is 0 Å². The summed E-state index contributed by atoms with van der Waals surface area (Å²) < 4.78 is 0. The lowest BCUT2D eigenvalue weighted by Gasteiger charge is -2.33. The maximum atomic E-state index is 5.55. The molecule has 1 unspecified atom stereocenters. The SMILES string of the molecule is CC1CCCCN1CCCNc1ccc(C(N)=S)cn1. The molecule has 110 valence electrons. The van der Waals surface area contributed by atoms with Crippen LogP contribution in [-0.2, 0) is 0 Å². The summed E-state index contributed by atoms with van der Waals surface area (Å²) in [7, 11) is 0. The Balaban J connectivity index is 1.69. The molecule has 2 rings (SSSR count). The van der Waals surface area contributed by atoms with E-state index in [2.05, 4.69) is 22.1 Å². The Hall–Kier alpha value is -1.20. The first-order valence-electron chi connectivity index (χ1n) is 7.40. The molecule has 20 heavy (non-hydrogen) atoms. The van der Waals surface area contributed by atoms with Gasteiger partial charge in [-0.2, -0.15) is 0 Å². The predicted molar refractivity (Wildman–Crippen MR) is 88.1 cm³/mol. The second-order valence-electron chi connectivity index (χ2n) is 5.46. The molecule has 0 radical (unpaired) electrons. The number of hydrogen-bond donors (Lipinski definition) is 2. The highest BCUT2D eigenvalue weighted by atomic mass is 32.1. The predicted octanol–water partition coefficient (Wildman–Crippen LogP) is 2.39. The highest BCUT2D eigenvalue weighted by molar-refractivity contribution is 7.80. The molecule has 1 fully saturated rings. The number of rotatable bonds is 6. The van der Waals surface area contributed by atoms with Gasteiger partial charge in [-0.05, 0) is 44.9 Å². The molecule has 1 aromatic heterocycles. The molecule has 2 heterocycles. The van der Waals surface area contributed by atoms with Crippen molar-refractivity contribution in [3.8, 4) is 0 Å². The first kappa shape index (κ1) is 15.2. The van der Waals surface area contributed by atoms with E-state index in [1.807, 2.05) is 12.1 Å². The van der Waals surface area contributed by atoms with Crippen LogP contribution in [0, 0.1) is 0 Å². The van der Waals surface area contributed by atoms with E-state index in [1.165, 1.54) is 32.4 Å². The largest absolute Gasteiger partial charge is 0.389 e. The summed E-state index contributed by atoms with van der Waals surface area (Å²) in [4.78, 5) is 7.29. The van der Waals surface area contributed by atoms with Gasteiger partial charge in [0.05, 0.1) is 0 Å². The van der Waals surface area contributed by atoms with Crippen LogP contribution in [0.1, 0.15) is 38.2 Å². The summed E-state index contributed by atoms with van der Waals surface area (Å²) in [5, 5.41) is 3.34. The topological polar surface area (TPSA) is 54.2 Å². The van der Waals surface area contributed by atoms with Gasteiger partial charge in [0.15, 0.2) is 0 Å². The Morgan fingerprint density at radius 1 is 1.50 bits per heavy atom. The molecule has 0 amide bonds. The van der Waals surface area contributed by atoms with Crippen LogP contribution >= 0.6 is 12.2 Å². The number of nitrogens with one attached hydrogen (secondary N) is 1. The molecule has 5 heteroatoms. The first-order chi connectivity index (χ1) is 9.66. The summed E-state index contributed by atoms with van der Waals surface area (Å²) in [5.74, 6) is 0.886. The number of anilines is 1. The molecule has 1 atom stereocenters. The van der Waals surface area contributed by atoms with Crippen molar-refractivity contribution in [3.63, 3.8) is 0 Å². The molecule has 1 aliphatic heterocycles. The molecule has 1 aliphatic rings.